The van der Waals surface area contributed by atoms with E-state index < -0.39 is 16.4 Å². The van der Waals surface area contributed by atoms with Gasteiger partial charge in [-0.1, -0.05) is 11.8 Å². The summed E-state index contributed by atoms with van der Waals surface area (Å²) in [6, 6.07) is 3.03. The summed E-state index contributed by atoms with van der Waals surface area (Å²) in [5.41, 5.74) is -0.260. The lowest BCUT2D eigenvalue weighted by molar-refractivity contribution is -0.385. The molecular formula is C12H11FN2O4S. The van der Waals surface area contributed by atoms with E-state index in [4.69, 9.17) is 0 Å². The largest absolute Gasteiger partial charge is 0.311 e. The van der Waals surface area contributed by atoms with E-state index in [0.717, 1.165) is 30.0 Å². The van der Waals surface area contributed by atoms with Crippen LogP contribution in [-0.2, 0) is 9.59 Å². The summed E-state index contributed by atoms with van der Waals surface area (Å²) in [4.78, 5) is 34.2. The van der Waals surface area contributed by atoms with Crippen molar-refractivity contribution < 1.29 is 18.9 Å². The highest BCUT2D eigenvalue weighted by Crippen LogP contribution is 2.31. The molecule has 1 aromatic carbocycles. The Hall–Kier alpha value is -1.96. The zero-order chi connectivity index (χ0) is 14.9. The Morgan fingerprint density at radius 2 is 2.20 bits per heavy atom. The highest BCUT2D eigenvalue weighted by molar-refractivity contribution is 8.14. The van der Waals surface area contributed by atoms with Crippen molar-refractivity contribution >= 4 is 34.2 Å². The van der Waals surface area contributed by atoms with Gasteiger partial charge in [0.2, 0.25) is 5.91 Å². The second kappa shape index (κ2) is 5.58. The van der Waals surface area contributed by atoms with Crippen molar-refractivity contribution in [3.8, 4) is 0 Å². The Morgan fingerprint density at radius 1 is 1.50 bits per heavy atom. The molecule has 1 saturated heterocycles. The third kappa shape index (κ3) is 3.13. The van der Waals surface area contributed by atoms with E-state index >= 15 is 0 Å². The molecule has 0 bridgehead atoms. The van der Waals surface area contributed by atoms with E-state index in [0.29, 0.717) is 0 Å². The van der Waals surface area contributed by atoms with Gasteiger partial charge in [0.05, 0.1) is 16.7 Å². The Balaban J connectivity index is 2.25. The third-order valence-corrected chi connectivity index (χ3v) is 3.79. The van der Waals surface area contributed by atoms with Crippen LogP contribution >= 0.6 is 11.8 Å². The lowest BCUT2D eigenvalue weighted by Gasteiger charge is -2.16. The number of thioether (sulfide) groups is 1. The maximum atomic E-state index is 13.4. The summed E-state index contributed by atoms with van der Waals surface area (Å²) in [6.45, 7) is 1.65. The second-order valence-electron chi connectivity index (χ2n) is 4.36. The lowest BCUT2D eigenvalue weighted by Crippen LogP contribution is -2.25. The second-order valence-corrected chi connectivity index (χ2v) is 5.84. The van der Waals surface area contributed by atoms with Gasteiger partial charge in [-0.2, -0.15) is 0 Å². The average Bonchev–Trinajstić information content (AvgIpc) is 2.68. The van der Waals surface area contributed by atoms with Crippen LogP contribution in [0.5, 0.6) is 0 Å². The number of amides is 1. The zero-order valence-electron chi connectivity index (χ0n) is 10.5. The summed E-state index contributed by atoms with van der Waals surface area (Å²) < 4.78 is 13.4. The Labute approximate surface area is 118 Å². The maximum Gasteiger partial charge on any atom is 0.274 e. The van der Waals surface area contributed by atoms with Crippen LogP contribution in [0.15, 0.2) is 18.2 Å². The van der Waals surface area contributed by atoms with Gasteiger partial charge < -0.3 is 4.90 Å². The van der Waals surface area contributed by atoms with Gasteiger partial charge in [0.15, 0.2) is 5.12 Å². The molecular weight excluding hydrogens is 287 g/mol. The zero-order valence-corrected chi connectivity index (χ0v) is 11.4. The van der Waals surface area contributed by atoms with E-state index in [2.05, 4.69) is 0 Å². The van der Waals surface area contributed by atoms with E-state index in [1.54, 1.807) is 0 Å². The molecule has 1 unspecified atom stereocenters. The molecule has 0 spiro atoms. The van der Waals surface area contributed by atoms with Crippen molar-refractivity contribution in [1.29, 1.82) is 0 Å². The minimum Gasteiger partial charge on any atom is -0.311 e. The summed E-state index contributed by atoms with van der Waals surface area (Å²) in [6.07, 6.45) is 0.161. The fourth-order valence-corrected chi connectivity index (χ4v) is 2.98. The molecule has 1 aliphatic heterocycles. The van der Waals surface area contributed by atoms with Crippen LogP contribution in [0.3, 0.4) is 0 Å². The van der Waals surface area contributed by atoms with Crippen LogP contribution in [0.2, 0.25) is 0 Å². The number of hydrogen-bond acceptors (Lipinski definition) is 5. The van der Waals surface area contributed by atoms with E-state index in [1.165, 1.54) is 11.8 Å². The van der Waals surface area contributed by atoms with Crippen molar-refractivity contribution in [1.82, 2.24) is 0 Å². The predicted molar refractivity (Wildman–Crippen MR) is 72.1 cm³/mol. The maximum absolute atomic E-state index is 13.4. The SMILES string of the molecule is CC(=O)SC1CC(=O)N(c2cc(F)cc([N+](=O)[O-])c2)C1. The number of benzene rings is 1. The molecule has 2 rings (SSSR count). The van der Waals surface area contributed by atoms with E-state index in [9.17, 15) is 24.1 Å². The van der Waals surface area contributed by atoms with Crippen molar-refractivity contribution in [2.75, 3.05) is 11.4 Å². The van der Waals surface area contributed by atoms with Gasteiger partial charge in [-0.15, -0.1) is 0 Å². The molecule has 1 aromatic rings. The standard InChI is InChI=1S/C12H11FN2O4S/c1-7(16)20-11-5-12(17)14(6-11)9-2-8(13)3-10(4-9)15(18)19/h2-4,11H,5-6H2,1H3. The molecule has 1 heterocycles. The molecule has 20 heavy (non-hydrogen) atoms. The number of carbonyl (C=O) groups excluding carboxylic acids is 2. The van der Waals surface area contributed by atoms with Crippen LogP contribution in [0.25, 0.3) is 0 Å². The van der Waals surface area contributed by atoms with Crippen LogP contribution in [-0.4, -0.2) is 27.7 Å². The van der Waals surface area contributed by atoms with Crippen molar-refractivity contribution in [2.45, 2.75) is 18.6 Å². The van der Waals surface area contributed by atoms with Gasteiger partial charge >= 0.3 is 0 Å². The highest BCUT2D eigenvalue weighted by Gasteiger charge is 2.32. The van der Waals surface area contributed by atoms with Gasteiger partial charge in [0, 0.05) is 31.2 Å². The molecule has 1 amide bonds. The molecule has 1 atom stereocenters. The molecule has 1 fully saturated rings. The smallest absolute Gasteiger partial charge is 0.274 e. The Kier molecular flexibility index (Phi) is 4.03. The number of hydrogen-bond donors (Lipinski definition) is 0. The van der Waals surface area contributed by atoms with Crippen LogP contribution < -0.4 is 4.90 Å². The summed E-state index contributed by atoms with van der Waals surface area (Å²) >= 11 is 1.05. The number of non-ortho nitro benzene ring substituents is 1. The quantitative estimate of drug-likeness (QED) is 0.630. The van der Waals surface area contributed by atoms with Gasteiger partial charge in [-0.25, -0.2) is 4.39 Å². The first-order valence-corrected chi connectivity index (χ1v) is 6.67. The van der Waals surface area contributed by atoms with Crippen LogP contribution in [0, 0.1) is 15.9 Å². The molecule has 8 heteroatoms. The summed E-state index contributed by atoms with van der Waals surface area (Å²) in [5, 5.41) is 10.4. The average molecular weight is 298 g/mol. The molecule has 0 aliphatic carbocycles. The minimum atomic E-state index is -0.773. The predicted octanol–water partition coefficient (Wildman–Crippen LogP) is 2.12. The van der Waals surface area contributed by atoms with Crippen molar-refractivity contribution in [3.63, 3.8) is 0 Å². The van der Waals surface area contributed by atoms with Gasteiger partial charge in [0.1, 0.15) is 5.82 Å². The first-order valence-electron chi connectivity index (χ1n) is 5.79. The number of nitrogens with zero attached hydrogens (tertiary/aromatic N) is 2. The van der Waals surface area contributed by atoms with Gasteiger partial charge in [-0.05, 0) is 6.07 Å². The number of nitro groups is 1. The first-order chi connectivity index (χ1) is 9.36. The summed E-state index contributed by atoms with van der Waals surface area (Å²) in [7, 11) is 0. The Bertz CT molecular complexity index is 593. The molecule has 0 saturated carbocycles. The number of anilines is 1. The fourth-order valence-electron chi connectivity index (χ4n) is 2.06. The van der Waals surface area contributed by atoms with Gasteiger partial charge in [0.25, 0.3) is 5.69 Å². The monoisotopic (exact) mass is 298 g/mol. The van der Waals surface area contributed by atoms with E-state index in [-0.39, 0.29) is 34.9 Å². The highest BCUT2D eigenvalue weighted by atomic mass is 32.2. The molecule has 0 radical (unpaired) electrons. The number of carbonyl (C=O) groups is 2. The summed E-state index contributed by atoms with van der Waals surface area (Å²) in [5.74, 6) is -1.05. The van der Waals surface area contributed by atoms with Crippen LogP contribution in [0.1, 0.15) is 13.3 Å². The van der Waals surface area contributed by atoms with Crippen LogP contribution in [0.4, 0.5) is 15.8 Å². The van der Waals surface area contributed by atoms with Crippen molar-refractivity contribution in [2.24, 2.45) is 0 Å². The molecule has 6 nitrogen and oxygen atoms in total. The minimum absolute atomic E-state index is 0.102. The van der Waals surface area contributed by atoms with Gasteiger partial charge in [-0.3, -0.25) is 19.7 Å². The fraction of sp³-hybridized carbons (Fsp3) is 0.333. The molecule has 106 valence electrons. The number of rotatable bonds is 3. The van der Waals surface area contributed by atoms with E-state index in [1.807, 2.05) is 0 Å². The lowest BCUT2D eigenvalue weighted by atomic mass is 10.2. The molecule has 0 aromatic heterocycles. The molecule has 1 aliphatic rings. The normalized spacial score (nSPS) is 18.4. The Morgan fingerprint density at radius 3 is 2.80 bits per heavy atom. The third-order valence-electron chi connectivity index (χ3n) is 2.81. The number of nitro benzene ring substituents is 1. The van der Waals surface area contributed by atoms with Crippen molar-refractivity contribution in [3.05, 3.63) is 34.1 Å². The molecule has 0 N–H and O–H groups in total. The number of halogens is 1. The topological polar surface area (TPSA) is 80.5 Å². The first kappa shape index (κ1) is 14.4.